The van der Waals surface area contributed by atoms with E-state index in [2.05, 4.69) is 20.9 Å². The number of amides is 1. The van der Waals surface area contributed by atoms with Gasteiger partial charge in [0.15, 0.2) is 5.96 Å². The van der Waals surface area contributed by atoms with Crippen molar-refractivity contribution in [3.8, 4) is 0 Å². The molecule has 2 rings (SSSR count). The molecule has 7 heteroatoms. The highest BCUT2D eigenvalue weighted by atomic mass is 35.5. The molecule has 0 aliphatic carbocycles. The van der Waals surface area contributed by atoms with Crippen LogP contribution in [0.4, 0.5) is 4.39 Å². The normalized spacial score (nSPS) is 11.9. The maximum Gasteiger partial charge on any atom is 0.251 e. The van der Waals surface area contributed by atoms with Gasteiger partial charge in [-0.3, -0.25) is 9.79 Å². The Morgan fingerprint density at radius 2 is 1.93 bits per heavy atom. The number of hydrogen-bond donors (Lipinski definition) is 3. The fourth-order valence-electron chi connectivity index (χ4n) is 3.00. The van der Waals surface area contributed by atoms with Gasteiger partial charge in [-0.1, -0.05) is 43.6 Å². The van der Waals surface area contributed by atoms with Gasteiger partial charge < -0.3 is 16.0 Å². The molecule has 156 valence electrons. The number of aliphatic imine (C=N–C) groups is 1. The van der Waals surface area contributed by atoms with E-state index in [0.29, 0.717) is 29.6 Å². The molecule has 2 aromatic rings. The first-order valence-corrected chi connectivity index (χ1v) is 9.85. The fourth-order valence-corrected chi connectivity index (χ4v) is 3.42. The SMILES string of the molecule is CN=C(NCCc1cccc(C(=O)NC)c1)NCC(C)(C)c1ccc(F)cc1Cl. The summed E-state index contributed by atoms with van der Waals surface area (Å²) in [5.41, 5.74) is 2.26. The summed E-state index contributed by atoms with van der Waals surface area (Å²) in [7, 11) is 3.33. The monoisotopic (exact) mass is 418 g/mol. The predicted octanol–water partition coefficient (Wildman–Crippen LogP) is 3.52. The molecule has 0 atom stereocenters. The second-order valence-corrected chi connectivity index (χ2v) is 7.80. The number of carbonyl (C=O) groups excluding carboxylic acids is 1. The van der Waals surface area contributed by atoms with Crippen LogP contribution in [0.15, 0.2) is 47.5 Å². The molecule has 29 heavy (non-hydrogen) atoms. The van der Waals surface area contributed by atoms with E-state index in [1.807, 2.05) is 32.0 Å². The molecule has 5 nitrogen and oxygen atoms in total. The van der Waals surface area contributed by atoms with Crippen molar-refractivity contribution in [3.05, 3.63) is 70.0 Å². The molecule has 2 aromatic carbocycles. The zero-order chi connectivity index (χ0) is 21.4. The predicted molar refractivity (Wildman–Crippen MR) is 117 cm³/mol. The van der Waals surface area contributed by atoms with Gasteiger partial charge in [-0.25, -0.2) is 4.39 Å². The standard InChI is InChI=1S/C22H28ClFN4O/c1-22(2,18-9-8-17(24)13-19(18)23)14-28-21(26-4)27-11-10-15-6-5-7-16(12-15)20(29)25-3/h5-9,12-13H,10-11,14H2,1-4H3,(H,25,29)(H2,26,27,28). The quantitative estimate of drug-likeness (QED) is 0.476. The zero-order valence-corrected chi connectivity index (χ0v) is 18.0. The Labute approximate surface area is 176 Å². The zero-order valence-electron chi connectivity index (χ0n) is 17.3. The third kappa shape index (κ3) is 6.46. The Balaban J connectivity index is 1.90. The number of benzene rings is 2. The molecule has 0 saturated heterocycles. The van der Waals surface area contributed by atoms with Gasteiger partial charge in [0.2, 0.25) is 0 Å². The van der Waals surface area contributed by atoms with Crippen molar-refractivity contribution in [1.29, 1.82) is 0 Å². The summed E-state index contributed by atoms with van der Waals surface area (Å²) in [5.74, 6) is 0.221. The van der Waals surface area contributed by atoms with Gasteiger partial charge in [-0.05, 0) is 41.8 Å². The molecule has 0 unspecified atom stereocenters. The summed E-state index contributed by atoms with van der Waals surface area (Å²) >= 11 is 6.22. The molecule has 0 heterocycles. The number of carbonyl (C=O) groups is 1. The van der Waals surface area contributed by atoms with E-state index in [9.17, 15) is 9.18 Å². The van der Waals surface area contributed by atoms with Crippen molar-refractivity contribution in [1.82, 2.24) is 16.0 Å². The number of hydrogen-bond acceptors (Lipinski definition) is 2. The second kappa shape index (κ2) is 10.3. The van der Waals surface area contributed by atoms with Gasteiger partial charge in [-0.15, -0.1) is 0 Å². The maximum absolute atomic E-state index is 13.3. The third-order valence-electron chi connectivity index (χ3n) is 4.70. The molecular weight excluding hydrogens is 391 g/mol. The number of rotatable bonds is 7. The van der Waals surface area contributed by atoms with Crippen molar-refractivity contribution in [2.45, 2.75) is 25.7 Å². The summed E-state index contributed by atoms with van der Waals surface area (Å²) in [6.45, 7) is 5.31. The van der Waals surface area contributed by atoms with E-state index < -0.39 is 0 Å². The van der Waals surface area contributed by atoms with Crippen LogP contribution in [0.2, 0.25) is 5.02 Å². The number of nitrogens with one attached hydrogen (secondary N) is 3. The van der Waals surface area contributed by atoms with Crippen LogP contribution in [-0.4, -0.2) is 39.1 Å². The Kier molecular flexibility index (Phi) is 8.02. The van der Waals surface area contributed by atoms with Crippen LogP contribution in [0, 0.1) is 5.82 Å². The number of nitrogens with zero attached hydrogens (tertiary/aromatic N) is 1. The van der Waals surface area contributed by atoms with Crippen LogP contribution in [0.5, 0.6) is 0 Å². The Bertz CT molecular complexity index is 883. The molecule has 3 N–H and O–H groups in total. The number of guanidine groups is 1. The first-order valence-electron chi connectivity index (χ1n) is 9.48. The van der Waals surface area contributed by atoms with E-state index in [1.54, 1.807) is 26.2 Å². The highest BCUT2D eigenvalue weighted by Crippen LogP contribution is 2.29. The third-order valence-corrected chi connectivity index (χ3v) is 5.02. The Morgan fingerprint density at radius 3 is 2.59 bits per heavy atom. The second-order valence-electron chi connectivity index (χ2n) is 7.39. The van der Waals surface area contributed by atoms with E-state index in [0.717, 1.165) is 17.5 Å². The Morgan fingerprint density at radius 1 is 1.17 bits per heavy atom. The van der Waals surface area contributed by atoms with E-state index >= 15 is 0 Å². The lowest BCUT2D eigenvalue weighted by molar-refractivity contribution is 0.0963. The average Bonchev–Trinajstić information content (AvgIpc) is 2.69. The molecule has 1 amide bonds. The van der Waals surface area contributed by atoms with Crippen LogP contribution in [0.1, 0.15) is 35.3 Å². The molecule has 0 fully saturated rings. The van der Waals surface area contributed by atoms with Crippen LogP contribution in [0.3, 0.4) is 0 Å². The van der Waals surface area contributed by atoms with Gasteiger partial charge in [-0.2, -0.15) is 0 Å². The van der Waals surface area contributed by atoms with Gasteiger partial charge in [0.25, 0.3) is 5.91 Å². The molecule has 0 aliphatic heterocycles. The molecular formula is C22H28ClFN4O. The minimum absolute atomic E-state index is 0.0982. The van der Waals surface area contributed by atoms with E-state index in [-0.39, 0.29) is 17.1 Å². The smallest absolute Gasteiger partial charge is 0.251 e. The van der Waals surface area contributed by atoms with Crippen molar-refractivity contribution in [3.63, 3.8) is 0 Å². The summed E-state index contributed by atoms with van der Waals surface area (Å²) < 4.78 is 13.3. The van der Waals surface area contributed by atoms with Crippen molar-refractivity contribution >= 4 is 23.5 Å². The summed E-state index contributed by atoms with van der Waals surface area (Å²) in [6, 6.07) is 12.0. The minimum atomic E-state index is -0.347. The summed E-state index contributed by atoms with van der Waals surface area (Å²) in [6.07, 6.45) is 0.749. The van der Waals surface area contributed by atoms with Crippen molar-refractivity contribution in [2.75, 3.05) is 27.2 Å². The largest absolute Gasteiger partial charge is 0.356 e. The molecule has 0 aliphatic rings. The van der Waals surface area contributed by atoms with Crippen LogP contribution >= 0.6 is 11.6 Å². The van der Waals surface area contributed by atoms with Gasteiger partial charge in [0.1, 0.15) is 5.82 Å². The molecule has 0 radical (unpaired) electrons. The van der Waals surface area contributed by atoms with Gasteiger partial charge >= 0.3 is 0 Å². The van der Waals surface area contributed by atoms with Gasteiger partial charge in [0, 0.05) is 43.2 Å². The first-order chi connectivity index (χ1) is 13.8. The van der Waals surface area contributed by atoms with Crippen LogP contribution < -0.4 is 16.0 Å². The summed E-state index contributed by atoms with van der Waals surface area (Å²) in [4.78, 5) is 16.0. The van der Waals surface area contributed by atoms with Crippen LogP contribution in [0.25, 0.3) is 0 Å². The fraction of sp³-hybridized carbons (Fsp3) is 0.364. The lowest BCUT2D eigenvalue weighted by Crippen LogP contribution is -2.44. The lowest BCUT2D eigenvalue weighted by atomic mass is 9.84. The Hall–Kier alpha value is -2.60. The van der Waals surface area contributed by atoms with Crippen LogP contribution in [-0.2, 0) is 11.8 Å². The highest BCUT2D eigenvalue weighted by Gasteiger charge is 2.24. The molecule has 0 aromatic heterocycles. The maximum atomic E-state index is 13.3. The van der Waals surface area contributed by atoms with Gasteiger partial charge in [0.05, 0.1) is 0 Å². The van der Waals surface area contributed by atoms with E-state index in [1.165, 1.54) is 12.1 Å². The molecule has 0 saturated carbocycles. The average molecular weight is 419 g/mol. The van der Waals surface area contributed by atoms with E-state index in [4.69, 9.17) is 11.6 Å². The topological polar surface area (TPSA) is 65.5 Å². The molecule has 0 bridgehead atoms. The minimum Gasteiger partial charge on any atom is -0.356 e. The van der Waals surface area contributed by atoms with Crippen molar-refractivity contribution in [2.24, 2.45) is 4.99 Å². The first kappa shape index (κ1) is 22.7. The number of halogens is 2. The lowest BCUT2D eigenvalue weighted by Gasteiger charge is -2.27. The highest BCUT2D eigenvalue weighted by molar-refractivity contribution is 6.31. The van der Waals surface area contributed by atoms with Crippen molar-refractivity contribution < 1.29 is 9.18 Å². The summed E-state index contributed by atoms with van der Waals surface area (Å²) in [5, 5.41) is 9.61. The molecule has 0 spiro atoms.